The number of nitrogens with two attached hydrogens (primary N) is 1. The molecule has 1 aromatic heterocycles. The monoisotopic (exact) mass is 266 g/mol. The second kappa shape index (κ2) is 6.82. The summed E-state index contributed by atoms with van der Waals surface area (Å²) in [6.07, 6.45) is 3.66. The third-order valence-electron chi connectivity index (χ3n) is 2.19. The number of ether oxygens (including phenoxy) is 1. The largest absolute Gasteiger partial charge is 0.444 e. The molecule has 0 radical (unpaired) electrons. The zero-order chi connectivity index (χ0) is 14.3. The minimum absolute atomic E-state index is 0.393. The molecule has 0 fully saturated rings. The standard InChI is InChI=1S/C13H22N4O2/c1-13(2,3)19-12(18)17-7-4-6-16-11-5-8-15-9-10(11)14/h5,8-9H,4,6-7,14H2,1-3H3,(H,15,16)(H,17,18). The van der Waals surface area contributed by atoms with Crippen LogP contribution in [0, 0.1) is 0 Å². The molecule has 0 aliphatic rings. The van der Waals surface area contributed by atoms with Gasteiger partial charge >= 0.3 is 6.09 Å². The van der Waals surface area contributed by atoms with Crippen LogP contribution in [0.15, 0.2) is 18.5 Å². The zero-order valence-corrected chi connectivity index (χ0v) is 11.7. The Morgan fingerprint density at radius 1 is 1.42 bits per heavy atom. The SMILES string of the molecule is CC(C)(C)OC(=O)NCCCNc1ccncc1N. The number of nitrogens with one attached hydrogen (secondary N) is 2. The maximum absolute atomic E-state index is 11.4. The number of aromatic nitrogens is 1. The summed E-state index contributed by atoms with van der Waals surface area (Å²) in [5.74, 6) is 0. The summed E-state index contributed by atoms with van der Waals surface area (Å²) >= 11 is 0. The van der Waals surface area contributed by atoms with Crippen LogP contribution in [-0.2, 0) is 4.74 Å². The van der Waals surface area contributed by atoms with E-state index in [4.69, 9.17) is 10.5 Å². The van der Waals surface area contributed by atoms with E-state index in [0.29, 0.717) is 18.8 Å². The first kappa shape index (κ1) is 15.1. The highest BCUT2D eigenvalue weighted by atomic mass is 16.6. The molecule has 0 aromatic carbocycles. The minimum atomic E-state index is -0.464. The van der Waals surface area contributed by atoms with Crippen LogP contribution in [0.2, 0.25) is 0 Å². The maximum Gasteiger partial charge on any atom is 0.407 e. The molecule has 4 N–H and O–H groups in total. The van der Waals surface area contributed by atoms with Crippen LogP contribution in [0.4, 0.5) is 16.2 Å². The number of pyridine rings is 1. The first-order valence-electron chi connectivity index (χ1n) is 6.29. The first-order chi connectivity index (χ1) is 8.88. The van der Waals surface area contributed by atoms with E-state index in [9.17, 15) is 4.79 Å². The molecule has 1 rings (SSSR count). The van der Waals surface area contributed by atoms with E-state index in [-0.39, 0.29) is 0 Å². The molecule has 106 valence electrons. The van der Waals surface area contributed by atoms with Gasteiger partial charge in [0.25, 0.3) is 0 Å². The van der Waals surface area contributed by atoms with Gasteiger partial charge in [-0.1, -0.05) is 0 Å². The van der Waals surface area contributed by atoms with Gasteiger partial charge in [0.15, 0.2) is 0 Å². The van der Waals surface area contributed by atoms with Gasteiger partial charge in [-0.15, -0.1) is 0 Å². The average molecular weight is 266 g/mol. The number of anilines is 2. The predicted octanol–water partition coefficient (Wildman–Crippen LogP) is 1.99. The predicted molar refractivity (Wildman–Crippen MR) is 76.0 cm³/mol. The molecule has 6 nitrogen and oxygen atoms in total. The molecule has 1 aromatic rings. The van der Waals surface area contributed by atoms with Gasteiger partial charge in [0.2, 0.25) is 0 Å². The molecular formula is C13H22N4O2. The minimum Gasteiger partial charge on any atom is -0.444 e. The molecular weight excluding hydrogens is 244 g/mol. The van der Waals surface area contributed by atoms with Gasteiger partial charge in [0, 0.05) is 19.3 Å². The Hall–Kier alpha value is -1.98. The van der Waals surface area contributed by atoms with E-state index in [2.05, 4.69) is 15.6 Å². The van der Waals surface area contributed by atoms with Gasteiger partial charge < -0.3 is 21.1 Å². The first-order valence-corrected chi connectivity index (χ1v) is 6.29. The van der Waals surface area contributed by atoms with Crippen molar-refractivity contribution in [1.82, 2.24) is 10.3 Å². The summed E-state index contributed by atoms with van der Waals surface area (Å²) in [6, 6.07) is 1.82. The van der Waals surface area contributed by atoms with Crippen LogP contribution in [-0.4, -0.2) is 29.8 Å². The summed E-state index contributed by atoms with van der Waals surface area (Å²) < 4.78 is 5.12. The maximum atomic E-state index is 11.4. The summed E-state index contributed by atoms with van der Waals surface area (Å²) in [7, 11) is 0. The van der Waals surface area contributed by atoms with Gasteiger partial charge in [-0.3, -0.25) is 4.98 Å². The summed E-state index contributed by atoms with van der Waals surface area (Å²) in [6.45, 7) is 6.76. The van der Waals surface area contributed by atoms with Crippen molar-refractivity contribution in [3.8, 4) is 0 Å². The highest BCUT2D eigenvalue weighted by Crippen LogP contribution is 2.14. The van der Waals surface area contributed by atoms with Crippen molar-refractivity contribution in [2.75, 3.05) is 24.1 Å². The summed E-state index contributed by atoms with van der Waals surface area (Å²) in [5.41, 5.74) is 6.74. The van der Waals surface area contributed by atoms with E-state index in [1.807, 2.05) is 26.8 Å². The molecule has 19 heavy (non-hydrogen) atoms. The number of carbonyl (C=O) groups excluding carboxylic acids is 1. The number of alkyl carbamates (subject to hydrolysis) is 1. The van der Waals surface area contributed by atoms with Crippen LogP contribution < -0.4 is 16.4 Å². The molecule has 0 unspecified atom stereocenters. The quantitative estimate of drug-likeness (QED) is 0.709. The van der Waals surface area contributed by atoms with E-state index < -0.39 is 11.7 Å². The lowest BCUT2D eigenvalue weighted by Crippen LogP contribution is -2.33. The Morgan fingerprint density at radius 2 is 2.16 bits per heavy atom. The normalized spacial score (nSPS) is 10.9. The highest BCUT2D eigenvalue weighted by Gasteiger charge is 2.15. The van der Waals surface area contributed by atoms with Crippen LogP contribution in [0.5, 0.6) is 0 Å². The van der Waals surface area contributed by atoms with Crippen molar-refractivity contribution in [3.05, 3.63) is 18.5 Å². The summed E-state index contributed by atoms with van der Waals surface area (Å²) in [4.78, 5) is 15.3. The second-order valence-corrected chi connectivity index (χ2v) is 5.17. The molecule has 0 saturated carbocycles. The van der Waals surface area contributed by atoms with Crippen LogP contribution >= 0.6 is 0 Å². The third kappa shape index (κ3) is 6.49. The molecule has 0 spiro atoms. The number of hydrogen-bond acceptors (Lipinski definition) is 5. The molecule has 0 bridgehead atoms. The molecule has 0 aliphatic heterocycles. The Bertz CT molecular complexity index is 415. The third-order valence-corrected chi connectivity index (χ3v) is 2.19. The fourth-order valence-electron chi connectivity index (χ4n) is 1.38. The lowest BCUT2D eigenvalue weighted by atomic mass is 10.2. The van der Waals surface area contributed by atoms with Crippen LogP contribution in [0.1, 0.15) is 27.2 Å². The number of rotatable bonds is 5. The summed E-state index contributed by atoms with van der Waals surface area (Å²) in [5, 5.41) is 5.87. The van der Waals surface area contributed by atoms with Crippen LogP contribution in [0.25, 0.3) is 0 Å². The molecule has 0 saturated heterocycles. The Morgan fingerprint density at radius 3 is 2.79 bits per heavy atom. The molecule has 1 amide bonds. The fraction of sp³-hybridized carbons (Fsp3) is 0.538. The second-order valence-electron chi connectivity index (χ2n) is 5.17. The van der Waals surface area contributed by atoms with Gasteiger partial charge in [-0.2, -0.15) is 0 Å². The smallest absolute Gasteiger partial charge is 0.407 e. The van der Waals surface area contributed by atoms with Gasteiger partial charge in [0.1, 0.15) is 5.60 Å². The van der Waals surface area contributed by atoms with Crippen molar-refractivity contribution in [3.63, 3.8) is 0 Å². The Labute approximate surface area is 113 Å². The van der Waals surface area contributed by atoms with Crippen molar-refractivity contribution in [2.24, 2.45) is 0 Å². The van der Waals surface area contributed by atoms with Gasteiger partial charge in [-0.25, -0.2) is 4.79 Å². The topological polar surface area (TPSA) is 89.3 Å². The zero-order valence-electron chi connectivity index (χ0n) is 11.7. The van der Waals surface area contributed by atoms with Crippen molar-refractivity contribution in [1.29, 1.82) is 0 Å². The number of carbonyl (C=O) groups is 1. The molecule has 6 heteroatoms. The molecule has 1 heterocycles. The lowest BCUT2D eigenvalue weighted by Gasteiger charge is -2.19. The Balaban J connectivity index is 2.15. The Kier molecular flexibility index (Phi) is 5.41. The number of amides is 1. The van der Waals surface area contributed by atoms with Crippen molar-refractivity contribution in [2.45, 2.75) is 32.8 Å². The van der Waals surface area contributed by atoms with Gasteiger partial charge in [0.05, 0.1) is 17.6 Å². The van der Waals surface area contributed by atoms with Gasteiger partial charge in [-0.05, 0) is 33.3 Å². The van der Waals surface area contributed by atoms with E-state index in [1.54, 1.807) is 12.4 Å². The van der Waals surface area contributed by atoms with Crippen molar-refractivity contribution >= 4 is 17.5 Å². The number of nitrogen functional groups attached to an aromatic ring is 1. The lowest BCUT2D eigenvalue weighted by molar-refractivity contribution is 0.0528. The fourth-order valence-corrected chi connectivity index (χ4v) is 1.38. The number of hydrogen-bond donors (Lipinski definition) is 3. The van der Waals surface area contributed by atoms with Crippen LogP contribution in [0.3, 0.4) is 0 Å². The molecule has 0 aliphatic carbocycles. The number of nitrogens with zero attached hydrogens (tertiary/aromatic N) is 1. The van der Waals surface area contributed by atoms with Crippen molar-refractivity contribution < 1.29 is 9.53 Å². The van der Waals surface area contributed by atoms with E-state index in [0.717, 1.165) is 12.1 Å². The highest BCUT2D eigenvalue weighted by molar-refractivity contribution is 5.67. The molecule has 0 atom stereocenters. The van der Waals surface area contributed by atoms with E-state index in [1.165, 1.54) is 0 Å². The van der Waals surface area contributed by atoms with E-state index >= 15 is 0 Å². The average Bonchev–Trinajstić information content (AvgIpc) is 2.28.